The molecule has 0 radical (unpaired) electrons. The Morgan fingerprint density at radius 1 is 1.50 bits per heavy atom. The van der Waals surface area contributed by atoms with Crippen LogP contribution in [0.25, 0.3) is 0 Å². The zero-order valence-corrected chi connectivity index (χ0v) is 7.88. The van der Waals surface area contributed by atoms with Crippen LogP contribution in [0, 0.1) is 0 Å². The molecule has 0 atom stereocenters. The molecule has 2 rings (SSSR count). The van der Waals surface area contributed by atoms with Crippen molar-refractivity contribution >= 4 is 5.82 Å². The smallest absolute Gasteiger partial charge is 0.136 e. The molecule has 0 bridgehead atoms. The Morgan fingerprint density at radius 2 is 2.36 bits per heavy atom. The molecule has 0 fully saturated rings. The molecule has 14 heavy (non-hydrogen) atoms. The minimum atomic E-state index is 0.532. The van der Waals surface area contributed by atoms with Gasteiger partial charge in [0.25, 0.3) is 0 Å². The summed E-state index contributed by atoms with van der Waals surface area (Å²) in [4.78, 5) is 3.93. The van der Waals surface area contributed by atoms with Crippen LogP contribution in [0.5, 0.6) is 0 Å². The molecule has 2 N–H and O–H groups in total. The van der Waals surface area contributed by atoms with Crippen LogP contribution in [0.3, 0.4) is 0 Å². The molecule has 5 nitrogen and oxygen atoms in total. The van der Waals surface area contributed by atoms with Gasteiger partial charge in [0, 0.05) is 19.7 Å². The molecule has 0 spiro atoms. The zero-order chi connectivity index (χ0) is 9.97. The lowest BCUT2D eigenvalue weighted by Crippen LogP contribution is -1.99. The second-order valence-electron chi connectivity index (χ2n) is 3.12. The average molecular weight is 189 g/mol. The Labute approximate surface area is 81.6 Å². The molecular weight excluding hydrogens is 178 g/mol. The number of hydrogen-bond acceptors (Lipinski definition) is 4. The molecule has 0 aliphatic rings. The molecule has 0 saturated carbocycles. The van der Waals surface area contributed by atoms with Crippen molar-refractivity contribution in [2.75, 3.05) is 5.73 Å². The minimum Gasteiger partial charge on any atom is -0.384 e. The maximum atomic E-state index is 5.57. The Hall–Kier alpha value is -1.91. The molecule has 72 valence electrons. The number of nitrogens with two attached hydrogens (primary N) is 1. The highest BCUT2D eigenvalue weighted by Gasteiger charge is 2.02. The van der Waals surface area contributed by atoms with Crippen molar-refractivity contribution in [3.63, 3.8) is 0 Å². The molecule has 0 saturated heterocycles. The summed E-state index contributed by atoms with van der Waals surface area (Å²) in [6.45, 7) is 0. The fourth-order valence-electron chi connectivity index (χ4n) is 1.25. The number of nitrogen functional groups attached to an aromatic ring is 1. The van der Waals surface area contributed by atoms with Gasteiger partial charge < -0.3 is 10.3 Å². The van der Waals surface area contributed by atoms with Gasteiger partial charge in [-0.05, 0) is 17.7 Å². The highest BCUT2D eigenvalue weighted by atomic mass is 15.2. The lowest BCUT2D eigenvalue weighted by Gasteiger charge is -2.01. The number of anilines is 1. The van der Waals surface area contributed by atoms with E-state index < -0.39 is 0 Å². The van der Waals surface area contributed by atoms with Crippen molar-refractivity contribution in [2.45, 2.75) is 6.42 Å². The molecule has 0 aliphatic heterocycles. The highest BCUT2D eigenvalue weighted by Crippen LogP contribution is 2.07. The summed E-state index contributed by atoms with van der Waals surface area (Å²) in [6, 6.07) is 3.76. The van der Waals surface area contributed by atoms with Crippen LogP contribution >= 0.6 is 0 Å². The van der Waals surface area contributed by atoms with Crippen LogP contribution in [0.15, 0.2) is 24.7 Å². The van der Waals surface area contributed by atoms with Crippen LogP contribution in [-0.4, -0.2) is 19.7 Å². The second kappa shape index (κ2) is 3.45. The van der Waals surface area contributed by atoms with E-state index in [0.717, 1.165) is 17.8 Å². The fraction of sp³-hybridized carbons (Fsp3) is 0.222. The summed E-state index contributed by atoms with van der Waals surface area (Å²) in [6.07, 6.45) is 4.10. The molecular formula is C9H11N5. The number of pyridine rings is 1. The third kappa shape index (κ3) is 1.71. The largest absolute Gasteiger partial charge is 0.384 e. The van der Waals surface area contributed by atoms with E-state index in [1.54, 1.807) is 12.5 Å². The first-order valence-electron chi connectivity index (χ1n) is 4.29. The van der Waals surface area contributed by atoms with Crippen molar-refractivity contribution < 1.29 is 0 Å². The molecule has 5 heteroatoms. The first-order valence-corrected chi connectivity index (χ1v) is 4.29. The van der Waals surface area contributed by atoms with Gasteiger partial charge in [-0.1, -0.05) is 0 Å². The van der Waals surface area contributed by atoms with Gasteiger partial charge in [-0.25, -0.2) is 4.98 Å². The van der Waals surface area contributed by atoms with Crippen LogP contribution < -0.4 is 5.73 Å². The van der Waals surface area contributed by atoms with E-state index in [9.17, 15) is 0 Å². The van der Waals surface area contributed by atoms with Gasteiger partial charge in [-0.15, -0.1) is 10.2 Å². The van der Waals surface area contributed by atoms with Gasteiger partial charge in [0.1, 0.15) is 18.0 Å². The van der Waals surface area contributed by atoms with Crippen molar-refractivity contribution in [1.82, 2.24) is 19.7 Å². The summed E-state index contributed by atoms with van der Waals surface area (Å²) in [7, 11) is 1.92. The van der Waals surface area contributed by atoms with Crippen molar-refractivity contribution in [3.8, 4) is 0 Å². The minimum absolute atomic E-state index is 0.532. The van der Waals surface area contributed by atoms with Crippen LogP contribution in [0.4, 0.5) is 5.82 Å². The molecule has 0 aliphatic carbocycles. The third-order valence-corrected chi connectivity index (χ3v) is 2.01. The Bertz CT molecular complexity index is 434. The van der Waals surface area contributed by atoms with Crippen LogP contribution in [-0.2, 0) is 13.5 Å². The maximum Gasteiger partial charge on any atom is 0.136 e. The summed E-state index contributed by atoms with van der Waals surface area (Å²) in [5.41, 5.74) is 6.66. The maximum absolute atomic E-state index is 5.57. The monoisotopic (exact) mass is 189 g/mol. The SMILES string of the molecule is Cn1cnnc1Cc1ccnc(N)c1. The Morgan fingerprint density at radius 3 is 3.00 bits per heavy atom. The number of aryl methyl sites for hydroxylation is 1. The van der Waals surface area contributed by atoms with Gasteiger partial charge >= 0.3 is 0 Å². The van der Waals surface area contributed by atoms with Crippen molar-refractivity contribution in [3.05, 3.63) is 36.0 Å². The zero-order valence-electron chi connectivity index (χ0n) is 7.88. The molecule has 2 aromatic heterocycles. The topological polar surface area (TPSA) is 69.6 Å². The third-order valence-electron chi connectivity index (χ3n) is 2.01. The van der Waals surface area contributed by atoms with E-state index >= 15 is 0 Å². The van der Waals surface area contributed by atoms with E-state index in [1.807, 2.05) is 23.7 Å². The van der Waals surface area contributed by atoms with Gasteiger partial charge in [0.05, 0.1) is 0 Å². The summed E-state index contributed by atoms with van der Waals surface area (Å²) < 4.78 is 1.89. The molecule has 0 unspecified atom stereocenters. The Balaban J connectivity index is 2.23. The lowest BCUT2D eigenvalue weighted by molar-refractivity contribution is 0.821. The summed E-state index contributed by atoms with van der Waals surface area (Å²) in [5.74, 6) is 1.44. The van der Waals surface area contributed by atoms with E-state index in [0.29, 0.717) is 5.82 Å². The summed E-state index contributed by atoms with van der Waals surface area (Å²) in [5, 5.41) is 7.80. The van der Waals surface area contributed by atoms with Gasteiger partial charge in [-0.3, -0.25) is 0 Å². The average Bonchev–Trinajstić information content (AvgIpc) is 2.52. The lowest BCUT2D eigenvalue weighted by atomic mass is 10.2. The van der Waals surface area contributed by atoms with E-state index in [-0.39, 0.29) is 0 Å². The molecule has 2 aromatic rings. The number of rotatable bonds is 2. The molecule has 0 aromatic carbocycles. The molecule has 0 amide bonds. The van der Waals surface area contributed by atoms with E-state index in [1.165, 1.54) is 0 Å². The van der Waals surface area contributed by atoms with Crippen molar-refractivity contribution in [1.29, 1.82) is 0 Å². The van der Waals surface area contributed by atoms with Gasteiger partial charge in [-0.2, -0.15) is 0 Å². The highest BCUT2D eigenvalue weighted by molar-refractivity contribution is 5.33. The fourth-order valence-corrected chi connectivity index (χ4v) is 1.25. The number of nitrogens with zero attached hydrogens (tertiary/aromatic N) is 4. The van der Waals surface area contributed by atoms with Gasteiger partial charge in [0.15, 0.2) is 0 Å². The summed E-state index contributed by atoms with van der Waals surface area (Å²) >= 11 is 0. The number of hydrogen-bond donors (Lipinski definition) is 1. The molecule has 2 heterocycles. The Kier molecular flexibility index (Phi) is 2.14. The first-order chi connectivity index (χ1) is 6.75. The van der Waals surface area contributed by atoms with E-state index in [4.69, 9.17) is 5.73 Å². The quantitative estimate of drug-likeness (QED) is 0.741. The van der Waals surface area contributed by atoms with Crippen molar-refractivity contribution in [2.24, 2.45) is 7.05 Å². The predicted molar refractivity (Wildman–Crippen MR) is 52.5 cm³/mol. The number of aromatic nitrogens is 4. The van der Waals surface area contributed by atoms with E-state index in [2.05, 4.69) is 15.2 Å². The van der Waals surface area contributed by atoms with Gasteiger partial charge in [0.2, 0.25) is 0 Å². The normalized spacial score (nSPS) is 10.4. The van der Waals surface area contributed by atoms with Crippen LogP contribution in [0.2, 0.25) is 0 Å². The van der Waals surface area contributed by atoms with Crippen LogP contribution in [0.1, 0.15) is 11.4 Å². The standard InChI is InChI=1S/C9H11N5/c1-14-6-12-13-9(14)5-7-2-3-11-8(10)4-7/h2-4,6H,5H2,1H3,(H2,10,11). The first kappa shape index (κ1) is 8.68. The second-order valence-corrected chi connectivity index (χ2v) is 3.12. The predicted octanol–water partition coefficient (Wildman–Crippen LogP) is 0.383.